The summed E-state index contributed by atoms with van der Waals surface area (Å²) in [6, 6.07) is 17.2. The Morgan fingerprint density at radius 1 is 1.00 bits per heavy atom. The number of sulfonamides is 1. The second-order valence-corrected chi connectivity index (χ2v) is 10.5. The molecule has 8 nitrogen and oxygen atoms in total. The van der Waals surface area contributed by atoms with Gasteiger partial charge < -0.3 is 15.0 Å². The van der Waals surface area contributed by atoms with Crippen LogP contribution in [0.15, 0.2) is 77.7 Å². The van der Waals surface area contributed by atoms with Crippen LogP contribution in [0.4, 0.5) is 10.1 Å². The highest BCUT2D eigenvalue weighted by Gasteiger charge is 2.32. The lowest BCUT2D eigenvalue weighted by atomic mass is 10.1. The topological polar surface area (TPSA) is 96.0 Å². The summed E-state index contributed by atoms with van der Waals surface area (Å²) in [6.45, 7) is 5.15. The fraction of sp³-hybridized carbons (Fsp3) is 0.286. The van der Waals surface area contributed by atoms with E-state index >= 15 is 0 Å². The average molecular weight is 542 g/mol. The smallest absolute Gasteiger partial charge is 0.264 e. The number of rotatable bonds is 11. The Balaban J connectivity index is 2.03. The third-order valence-corrected chi connectivity index (χ3v) is 7.95. The van der Waals surface area contributed by atoms with Gasteiger partial charge in [-0.15, -0.1) is 0 Å². The Labute approximate surface area is 223 Å². The predicted molar refractivity (Wildman–Crippen MR) is 144 cm³/mol. The number of benzene rings is 3. The number of carbonyl (C=O) groups is 2. The third kappa shape index (κ3) is 6.69. The number of amides is 2. The zero-order chi connectivity index (χ0) is 27.9. The maximum atomic E-state index is 13.8. The van der Waals surface area contributed by atoms with Crippen molar-refractivity contribution in [3.05, 3.63) is 89.7 Å². The van der Waals surface area contributed by atoms with Gasteiger partial charge in [0.15, 0.2) is 0 Å². The fourth-order valence-electron chi connectivity index (χ4n) is 3.89. The molecule has 3 aromatic rings. The summed E-state index contributed by atoms with van der Waals surface area (Å²) in [7, 11) is -2.79. The first-order valence-corrected chi connectivity index (χ1v) is 13.6. The molecule has 3 rings (SSSR count). The van der Waals surface area contributed by atoms with Crippen molar-refractivity contribution in [2.45, 2.75) is 38.3 Å². The minimum Gasteiger partial charge on any atom is -0.497 e. The van der Waals surface area contributed by atoms with Crippen LogP contribution in [0.3, 0.4) is 0 Å². The number of hydrogen-bond donors (Lipinski definition) is 1. The van der Waals surface area contributed by atoms with E-state index < -0.39 is 34.3 Å². The Kier molecular flexibility index (Phi) is 9.46. The maximum Gasteiger partial charge on any atom is 0.264 e. The number of anilines is 1. The summed E-state index contributed by atoms with van der Waals surface area (Å²) in [5, 5.41) is 2.72. The molecule has 1 unspecified atom stereocenters. The quantitative estimate of drug-likeness (QED) is 0.397. The number of methoxy groups -OCH3 is 1. The zero-order valence-electron chi connectivity index (χ0n) is 21.8. The largest absolute Gasteiger partial charge is 0.497 e. The van der Waals surface area contributed by atoms with Gasteiger partial charge in [0.2, 0.25) is 11.8 Å². The van der Waals surface area contributed by atoms with E-state index in [1.807, 2.05) is 31.2 Å². The Hall–Kier alpha value is -3.92. The van der Waals surface area contributed by atoms with Gasteiger partial charge in [-0.25, -0.2) is 12.8 Å². The number of nitrogens with one attached hydrogen (secondary N) is 1. The van der Waals surface area contributed by atoms with E-state index in [2.05, 4.69) is 5.32 Å². The van der Waals surface area contributed by atoms with Crippen molar-refractivity contribution in [1.29, 1.82) is 0 Å². The Morgan fingerprint density at radius 2 is 1.63 bits per heavy atom. The molecule has 0 bridgehead atoms. The highest BCUT2D eigenvalue weighted by Crippen LogP contribution is 2.26. The molecule has 10 heteroatoms. The number of halogens is 1. The molecule has 0 heterocycles. The van der Waals surface area contributed by atoms with Crippen LogP contribution in [0.5, 0.6) is 5.75 Å². The predicted octanol–water partition coefficient (Wildman–Crippen LogP) is 3.89. The Morgan fingerprint density at radius 3 is 2.21 bits per heavy atom. The summed E-state index contributed by atoms with van der Waals surface area (Å²) in [5.74, 6) is -1.03. The van der Waals surface area contributed by atoms with Crippen LogP contribution in [-0.4, -0.2) is 51.4 Å². The molecule has 2 amide bonds. The lowest BCUT2D eigenvalue weighted by molar-refractivity contribution is -0.139. The van der Waals surface area contributed by atoms with Crippen molar-refractivity contribution in [3.8, 4) is 5.75 Å². The van der Waals surface area contributed by atoms with E-state index in [0.29, 0.717) is 12.3 Å². The molecule has 0 aliphatic heterocycles. The number of aryl methyl sites for hydroxylation is 1. The molecule has 0 aliphatic rings. The molecular formula is C28H32FN3O5S. The van der Waals surface area contributed by atoms with E-state index in [1.165, 1.54) is 48.4 Å². The molecule has 0 spiro atoms. The summed E-state index contributed by atoms with van der Waals surface area (Å²) < 4.78 is 47.2. The zero-order valence-corrected chi connectivity index (χ0v) is 22.7. The standard InChI is InChI=1S/C28H32FN3O5S/c1-5-30-28(34)21(3)31(18-22-9-7-6-8-20(22)2)27(33)19-32(24-12-10-23(29)11-13-24)38(35,36)26-16-14-25(37-4)15-17-26/h6-17,21H,5,18-19H2,1-4H3,(H,30,34). The normalized spacial score (nSPS) is 11.9. The van der Waals surface area contributed by atoms with Crippen LogP contribution in [0.25, 0.3) is 0 Å². The van der Waals surface area contributed by atoms with E-state index in [-0.39, 0.29) is 23.0 Å². The first-order chi connectivity index (χ1) is 18.1. The van der Waals surface area contributed by atoms with Gasteiger partial charge in [-0.1, -0.05) is 24.3 Å². The second kappa shape index (κ2) is 12.6. The van der Waals surface area contributed by atoms with Crippen LogP contribution >= 0.6 is 0 Å². The molecule has 38 heavy (non-hydrogen) atoms. The van der Waals surface area contributed by atoms with Crippen LogP contribution < -0.4 is 14.4 Å². The van der Waals surface area contributed by atoms with Gasteiger partial charge in [0.05, 0.1) is 17.7 Å². The SMILES string of the molecule is CCNC(=O)C(C)N(Cc1ccccc1C)C(=O)CN(c1ccc(F)cc1)S(=O)(=O)c1ccc(OC)cc1. The first-order valence-electron chi connectivity index (χ1n) is 12.1. The van der Waals surface area contributed by atoms with Gasteiger partial charge in [-0.2, -0.15) is 0 Å². The molecule has 0 aliphatic carbocycles. The number of ether oxygens (including phenoxy) is 1. The van der Waals surface area contributed by atoms with E-state index in [4.69, 9.17) is 4.74 Å². The summed E-state index contributed by atoms with van der Waals surface area (Å²) >= 11 is 0. The van der Waals surface area contributed by atoms with Gasteiger partial charge in [0.1, 0.15) is 24.2 Å². The van der Waals surface area contributed by atoms with Crippen molar-refractivity contribution in [2.24, 2.45) is 0 Å². The molecule has 0 radical (unpaired) electrons. The summed E-state index contributed by atoms with van der Waals surface area (Å²) in [5.41, 5.74) is 1.86. The van der Waals surface area contributed by atoms with Gasteiger partial charge >= 0.3 is 0 Å². The molecule has 0 saturated carbocycles. The second-order valence-electron chi connectivity index (χ2n) is 8.68. The number of carbonyl (C=O) groups excluding carboxylic acids is 2. The lowest BCUT2D eigenvalue weighted by Gasteiger charge is -2.32. The molecule has 202 valence electrons. The van der Waals surface area contributed by atoms with Crippen LogP contribution in [0.2, 0.25) is 0 Å². The minimum atomic E-state index is -4.25. The maximum absolute atomic E-state index is 13.8. The van der Waals surface area contributed by atoms with Crippen molar-refractivity contribution >= 4 is 27.5 Å². The van der Waals surface area contributed by atoms with Crippen molar-refractivity contribution in [2.75, 3.05) is 24.5 Å². The molecule has 1 N–H and O–H groups in total. The highest BCUT2D eigenvalue weighted by atomic mass is 32.2. The molecule has 0 fully saturated rings. The molecule has 0 aromatic heterocycles. The van der Waals surface area contributed by atoms with E-state index in [0.717, 1.165) is 27.6 Å². The van der Waals surface area contributed by atoms with Gasteiger partial charge in [-0.3, -0.25) is 13.9 Å². The monoisotopic (exact) mass is 541 g/mol. The first kappa shape index (κ1) is 28.6. The van der Waals surface area contributed by atoms with Gasteiger partial charge in [0.25, 0.3) is 10.0 Å². The fourth-order valence-corrected chi connectivity index (χ4v) is 5.30. The molecule has 0 saturated heterocycles. The molecule has 1 atom stereocenters. The number of nitrogens with zero attached hydrogens (tertiary/aromatic N) is 2. The van der Waals surface area contributed by atoms with E-state index in [1.54, 1.807) is 13.8 Å². The van der Waals surface area contributed by atoms with Crippen molar-refractivity contribution in [1.82, 2.24) is 10.2 Å². The molecular weight excluding hydrogens is 509 g/mol. The highest BCUT2D eigenvalue weighted by molar-refractivity contribution is 7.92. The van der Waals surface area contributed by atoms with Crippen LogP contribution in [0.1, 0.15) is 25.0 Å². The Bertz CT molecular complexity index is 1360. The van der Waals surface area contributed by atoms with Gasteiger partial charge in [-0.05, 0) is 80.4 Å². The number of hydrogen-bond acceptors (Lipinski definition) is 5. The average Bonchev–Trinajstić information content (AvgIpc) is 2.91. The summed E-state index contributed by atoms with van der Waals surface area (Å²) in [6.07, 6.45) is 0. The number of likely N-dealkylation sites (N-methyl/N-ethyl adjacent to an activating group) is 1. The third-order valence-electron chi connectivity index (χ3n) is 6.16. The van der Waals surface area contributed by atoms with Crippen molar-refractivity contribution < 1.29 is 27.1 Å². The van der Waals surface area contributed by atoms with E-state index in [9.17, 15) is 22.4 Å². The van der Waals surface area contributed by atoms with Crippen LogP contribution in [-0.2, 0) is 26.2 Å². The summed E-state index contributed by atoms with van der Waals surface area (Å²) in [4.78, 5) is 27.8. The van der Waals surface area contributed by atoms with Crippen molar-refractivity contribution in [3.63, 3.8) is 0 Å². The minimum absolute atomic E-state index is 0.0716. The van der Waals surface area contributed by atoms with Gasteiger partial charge in [0, 0.05) is 13.1 Å². The lowest BCUT2D eigenvalue weighted by Crippen LogP contribution is -2.51. The molecule has 3 aromatic carbocycles. The van der Waals surface area contributed by atoms with Crippen LogP contribution in [0, 0.1) is 12.7 Å².